The Morgan fingerprint density at radius 2 is 1.58 bits per heavy atom. The first kappa shape index (κ1) is 11.7. The van der Waals surface area contributed by atoms with Crippen molar-refractivity contribution in [1.82, 2.24) is 4.98 Å². The molecule has 19 heavy (non-hydrogen) atoms. The standard InChI is InChI=1S/C17H16N2/c1-3-7-15(8-4-1)13-17(19-12-11-18-14-19)16-9-5-2-6-10-16/h1-12,14,17H,13H2/p+1. The lowest BCUT2D eigenvalue weighted by Crippen LogP contribution is -2.39. The van der Waals surface area contributed by atoms with Crippen LogP contribution in [0.4, 0.5) is 0 Å². The summed E-state index contributed by atoms with van der Waals surface area (Å²) in [7, 11) is 0. The van der Waals surface area contributed by atoms with E-state index in [9.17, 15) is 0 Å². The third-order valence-corrected chi connectivity index (χ3v) is 3.38. The predicted molar refractivity (Wildman–Crippen MR) is 75.7 cm³/mol. The van der Waals surface area contributed by atoms with Gasteiger partial charge in [-0.3, -0.25) is 4.98 Å². The van der Waals surface area contributed by atoms with Crippen LogP contribution in [0, 0.1) is 0 Å². The number of benzene rings is 2. The molecule has 0 bridgehead atoms. The summed E-state index contributed by atoms with van der Waals surface area (Å²) in [5.74, 6) is 0. The fourth-order valence-electron chi connectivity index (χ4n) is 2.40. The first-order chi connectivity index (χ1) is 9.43. The van der Waals surface area contributed by atoms with Gasteiger partial charge in [0.25, 0.3) is 0 Å². The quantitative estimate of drug-likeness (QED) is 0.685. The van der Waals surface area contributed by atoms with Gasteiger partial charge in [0.15, 0.2) is 0 Å². The van der Waals surface area contributed by atoms with E-state index in [2.05, 4.69) is 76.4 Å². The Hall–Kier alpha value is -2.35. The molecule has 2 nitrogen and oxygen atoms in total. The van der Waals surface area contributed by atoms with Crippen molar-refractivity contribution < 1.29 is 4.57 Å². The highest BCUT2D eigenvalue weighted by Gasteiger charge is 2.18. The lowest BCUT2D eigenvalue weighted by atomic mass is 9.99. The number of nitrogens with zero attached hydrogens (tertiary/aromatic N) is 1. The summed E-state index contributed by atoms with van der Waals surface area (Å²) in [6.45, 7) is 0. The predicted octanol–water partition coefficient (Wildman–Crippen LogP) is 3.13. The molecule has 1 N–H and O–H groups in total. The van der Waals surface area contributed by atoms with Gasteiger partial charge in [0.2, 0.25) is 6.33 Å². The maximum Gasteiger partial charge on any atom is 0.242 e. The van der Waals surface area contributed by atoms with E-state index in [1.165, 1.54) is 11.1 Å². The summed E-state index contributed by atoms with van der Waals surface area (Å²) in [5.41, 5.74) is 2.68. The number of aromatic amines is 1. The van der Waals surface area contributed by atoms with Crippen molar-refractivity contribution in [2.24, 2.45) is 0 Å². The van der Waals surface area contributed by atoms with Crippen LogP contribution in [-0.4, -0.2) is 4.98 Å². The van der Waals surface area contributed by atoms with Crippen LogP contribution in [0.5, 0.6) is 0 Å². The van der Waals surface area contributed by atoms with Gasteiger partial charge in [0, 0.05) is 6.42 Å². The van der Waals surface area contributed by atoms with Crippen molar-refractivity contribution >= 4 is 0 Å². The molecule has 3 rings (SSSR count). The van der Waals surface area contributed by atoms with Crippen LogP contribution in [0.1, 0.15) is 17.2 Å². The number of rotatable bonds is 4. The first-order valence-corrected chi connectivity index (χ1v) is 6.56. The van der Waals surface area contributed by atoms with Gasteiger partial charge in [0.1, 0.15) is 18.4 Å². The van der Waals surface area contributed by atoms with Crippen LogP contribution in [0.15, 0.2) is 79.4 Å². The third kappa shape index (κ3) is 2.74. The molecular weight excluding hydrogens is 232 g/mol. The lowest BCUT2D eigenvalue weighted by molar-refractivity contribution is -0.712. The van der Waals surface area contributed by atoms with E-state index in [0.717, 1.165) is 6.42 Å². The Labute approximate surface area is 113 Å². The summed E-state index contributed by atoms with van der Waals surface area (Å²) in [5, 5.41) is 0. The highest BCUT2D eigenvalue weighted by molar-refractivity contribution is 5.22. The average molecular weight is 249 g/mol. The fraction of sp³-hybridized carbons (Fsp3) is 0.118. The Morgan fingerprint density at radius 1 is 0.895 bits per heavy atom. The maximum atomic E-state index is 3.13. The van der Waals surface area contributed by atoms with Crippen LogP contribution in [-0.2, 0) is 6.42 Å². The van der Waals surface area contributed by atoms with Gasteiger partial charge in [-0.15, -0.1) is 0 Å². The number of imidazole rings is 1. The Balaban J connectivity index is 1.94. The smallest absolute Gasteiger partial charge is 0.242 e. The van der Waals surface area contributed by atoms with Crippen LogP contribution in [0.25, 0.3) is 0 Å². The SMILES string of the molecule is c1ccc(CC(c2ccccc2)[n+]2cc[nH]c2)cc1. The third-order valence-electron chi connectivity index (χ3n) is 3.38. The van der Waals surface area contributed by atoms with Crippen LogP contribution < -0.4 is 4.57 Å². The molecule has 1 unspecified atom stereocenters. The Kier molecular flexibility index (Phi) is 3.41. The monoisotopic (exact) mass is 249 g/mol. The molecule has 1 aromatic heterocycles. The number of nitrogens with one attached hydrogen (secondary N) is 1. The van der Waals surface area contributed by atoms with Crippen molar-refractivity contribution in [2.75, 3.05) is 0 Å². The van der Waals surface area contributed by atoms with Gasteiger partial charge in [-0.1, -0.05) is 60.7 Å². The van der Waals surface area contributed by atoms with Gasteiger partial charge >= 0.3 is 0 Å². The molecule has 0 saturated carbocycles. The summed E-state index contributed by atoms with van der Waals surface area (Å²) in [4.78, 5) is 3.13. The number of H-pyrrole nitrogens is 1. The molecular formula is C17H17N2+. The zero-order valence-electron chi connectivity index (χ0n) is 10.7. The van der Waals surface area contributed by atoms with Crippen molar-refractivity contribution in [2.45, 2.75) is 12.5 Å². The van der Waals surface area contributed by atoms with Gasteiger partial charge in [-0.2, -0.15) is 0 Å². The molecule has 2 heteroatoms. The van der Waals surface area contributed by atoms with Crippen molar-refractivity contribution in [1.29, 1.82) is 0 Å². The maximum absolute atomic E-state index is 3.13. The minimum atomic E-state index is 0.329. The molecule has 3 aromatic rings. The first-order valence-electron chi connectivity index (χ1n) is 6.56. The van der Waals surface area contributed by atoms with Crippen molar-refractivity contribution in [3.8, 4) is 0 Å². The second-order valence-electron chi connectivity index (χ2n) is 4.67. The number of hydrogen-bond donors (Lipinski definition) is 1. The van der Waals surface area contributed by atoms with Crippen molar-refractivity contribution in [3.63, 3.8) is 0 Å². The van der Waals surface area contributed by atoms with E-state index in [-0.39, 0.29) is 0 Å². The molecule has 0 aliphatic heterocycles. The highest BCUT2D eigenvalue weighted by Crippen LogP contribution is 2.17. The number of aromatic nitrogens is 2. The van der Waals surface area contributed by atoms with Gasteiger partial charge < -0.3 is 0 Å². The molecule has 2 aromatic carbocycles. The molecule has 0 spiro atoms. The lowest BCUT2D eigenvalue weighted by Gasteiger charge is -2.14. The van der Waals surface area contributed by atoms with E-state index in [1.54, 1.807) is 0 Å². The molecule has 0 saturated heterocycles. The minimum absolute atomic E-state index is 0.329. The van der Waals surface area contributed by atoms with Crippen LogP contribution in [0.2, 0.25) is 0 Å². The molecule has 94 valence electrons. The molecule has 1 heterocycles. The van der Waals surface area contributed by atoms with Gasteiger partial charge in [-0.25, -0.2) is 4.57 Å². The normalized spacial score (nSPS) is 12.2. The molecule has 0 fully saturated rings. The van der Waals surface area contributed by atoms with E-state index in [0.29, 0.717) is 6.04 Å². The van der Waals surface area contributed by atoms with E-state index < -0.39 is 0 Å². The van der Waals surface area contributed by atoms with E-state index in [4.69, 9.17) is 0 Å². The Bertz CT molecular complexity index is 600. The Morgan fingerprint density at radius 3 is 2.21 bits per heavy atom. The van der Waals surface area contributed by atoms with Gasteiger partial charge in [-0.05, 0) is 11.1 Å². The van der Waals surface area contributed by atoms with E-state index >= 15 is 0 Å². The van der Waals surface area contributed by atoms with Gasteiger partial charge in [0.05, 0.1) is 0 Å². The summed E-state index contributed by atoms with van der Waals surface area (Å²) >= 11 is 0. The molecule has 0 amide bonds. The molecule has 0 radical (unpaired) electrons. The molecule has 0 aliphatic carbocycles. The second kappa shape index (κ2) is 5.53. The zero-order chi connectivity index (χ0) is 12.9. The summed E-state index contributed by atoms with van der Waals surface area (Å²) in [6.07, 6.45) is 7.05. The topological polar surface area (TPSA) is 19.7 Å². The van der Waals surface area contributed by atoms with E-state index in [1.807, 2.05) is 12.5 Å². The zero-order valence-corrected chi connectivity index (χ0v) is 10.7. The second-order valence-corrected chi connectivity index (χ2v) is 4.67. The molecule has 1 atom stereocenters. The van der Waals surface area contributed by atoms with Crippen molar-refractivity contribution in [3.05, 3.63) is 90.5 Å². The summed E-state index contributed by atoms with van der Waals surface area (Å²) < 4.78 is 2.22. The van der Waals surface area contributed by atoms with Crippen LogP contribution >= 0.6 is 0 Å². The molecule has 0 aliphatic rings. The largest absolute Gasteiger partial charge is 0.250 e. The average Bonchev–Trinajstić information content (AvgIpc) is 3.01. The number of hydrogen-bond acceptors (Lipinski definition) is 0. The summed E-state index contributed by atoms with van der Waals surface area (Å²) in [6, 6.07) is 21.6. The fourth-order valence-corrected chi connectivity index (χ4v) is 2.40. The van der Waals surface area contributed by atoms with Crippen LogP contribution in [0.3, 0.4) is 0 Å². The highest BCUT2D eigenvalue weighted by atomic mass is 15.0. The minimum Gasteiger partial charge on any atom is -0.250 e.